The second-order valence-corrected chi connectivity index (χ2v) is 5.83. The molecule has 0 aliphatic carbocycles. The first kappa shape index (κ1) is 15.5. The second kappa shape index (κ2) is 6.79. The minimum absolute atomic E-state index is 0.0505. The largest absolute Gasteiger partial charge is 0.339 e. The lowest BCUT2D eigenvalue weighted by Crippen LogP contribution is -2.28. The Morgan fingerprint density at radius 1 is 1.09 bits per heavy atom. The maximum absolute atomic E-state index is 12.4. The first-order valence-electron chi connectivity index (χ1n) is 7.46. The quantitative estimate of drug-likeness (QED) is 0.940. The van der Waals surface area contributed by atoms with Crippen LogP contribution in [0.15, 0.2) is 42.6 Å². The summed E-state index contributed by atoms with van der Waals surface area (Å²) < 4.78 is 0. The van der Waals surface area contributed by atoms with Crippen molar-refractivity contribution >= 4 is 29.1 Å². The van der Waals surface area contributed by atoms with Gasteiger partial charge >= 0.3 is 0 Å². The molecular weight excluding hydrogens is 314 g/mol. The first-order valence-corrected chi connectivity index (χ1v) is 7.83. The van der Waals surface area contributed by atoms with E-state index in [0.717, 1.165) is 25.9 Å². The van der Waals surface area contributed by atoms with Gasteiger partial charge in [-0.15, -0.1) is 0 Å². The van der Waals surface area contributed by atoms with E-state index < -0.39 is 0 Å². The van der Waals surface area contributed by atoms with Gasteiger partial charge in [0, 0.05) is 35.6 Å². The second-order valence-electron chi connectivity index (χ2n) is 5.39. The molecule has 2 aromatic rings. The highest BCUT2D eigenvalue weighted by Gasteiger charge is 2.20. The van der Waals surface area contributed by atoms with E-state index >= 15 is 0 Å². The molecule has 1 N–H and O–H groups in total. The lowest BCUT2D eigenvalue weighted by atomic mass is 10.2. The smallest absolute Gasteiger partial charge is 0.274 e. The molecule has 0 bridgehead atoms. The molecule has 0 atom stereocenters. The van der Waals surface area contributed by atoms with Crippen LogP contribution < -0.4 is 5.32 Å². The number of likely N-dealkylation sites (tertiary alicyclic amines) is 1. The van der Waals surface area contributed by atoms with Gasteiger partial charge in [0.15, 0.2) is 0 Å². The zero-order valence-electron chi connectivity index (χ0n) is 12.5. The molecule has 0 saturated carbocycles. The maximum Gasteiger partial charge on any atom is 0.274 e. The molecule has 2 amide bonds. The predicted molar refractivity (Wildman–Crippen MR) is 88.8 cm³/mol. The highest BCUT2D eigenvalue weighted by molar-refractivity contribution is 6.30. The van der Waals surface area contributed by atoms with Crippen LogP contribution in [0.25, 0.3) is 0 Å². The molecule has 0 radical (unpaired) electrons. The Labute approximate surface area is 139 Å². The SMILES string of the molecule is O=C(Nc1ccc(Cl)cc1)c1cc(C(=O)N2CCCC2)ccn1. The van der Waals surface area contributed by atoms with Crippen LogP contribution in [-0.2, 0) is 0 Å². The minimum Gasteiger partial charge on any atom is -0.339 e. The van der Waals surface area contributed by atoms with E-state index in [4.69, 9.17) is 11.6 Å². The average Bonchev–Trinajstić information content (AvgIpc) is 3.11. The standard InChI is InChI=1S/C17H16ClN3O2/c18-13-3-5-14(6-4-13)20-16(22)15-11-12(7-8-19-15)17(23)21-9-1-2-10-21/h3-8,11H,1-2,9-10H2,(H,20,22). The molecule has 118 valence electrons. The third-order valence-electron chi connectivity index (χ3n) is 3.73. The summed E-state index contributed by atoms with van der Waals surface area (Å²) in [6, 6.07) is 9.97. The Bertz CT molecular complexity index is 725. The number of anilines is 1. The summed E-state index contributed by atoms with van der Waals surface area (Å²) in [6.07, 6.45) is 3.54. The topological polar surface area (TPSA) is 62.3 Å². The van der Waals surface area contributed by atoms with Gasteiger partial charge in [0.25, 0.3) is 11.8 Å². The summed E-state index contributed by atoms with van der Waals surface area (Å²) in [5.41, 5.74) is 1.32. The van der Waals surface area contributed by atoms with Crippen molar-refractivity contribution in [3.05, 3.63) is 58.9 Å². The number of carbonyl (C=O) groups excluding carboxylic acids is 2. The summed E-state index contributed by atoms with van der Waals surface area (Å²) in [7, 11) is 0. The molecule has 2 heterocycles. The van der Waals surface area contributed by atoms with Crippen LogP contribution in [-0.4, -0.2) is 34.8 Å². The zero-order chi connectivity index (χ0) is 16.2. The van der Waals surface area contributed by atoms with Crippen LogP contribution in [0.2, 0.25) is 5.02 Å². The average molecular weight is 330 g/mol. The number of halogens is 1. The zero-order valence-corrected chi connectivity index (χ0v) is 13.2. The van der Waals surface area contributed by atoms with Gasteiger partial charge in [0.2, 0.25) is 0 Å². The fraction of sp³-hybridized carbons (Fsp3) is 0.235. The lowest BCUT2D eigenvalue weighted by molar-refractivity contribution is 0.0792. The van der Waals surface area contributed by atoms with Crippen LogP contribution in [0, 0.1) is 0 Å². The Morgan fingerprint density at radius 3 is 2.48 bits per heavy atom. The maximum atomic E-state index is 12.4. The van der Waals surface area contributed by atoms with Gasteiger partial charge < -0.3 is 10.2 Å². The van der Waals surface area contributed by atoms with Gasteiger partial charge in [-0.25, -0.2) is 0 Å². The predicted octanol–water partition coefficient (Wildman–Crippen LogP) is 3.22. The number of amides is 2. The Balaban J connectivity index is 1.74. The number of nitrogens with zero attached hydrogens (tertiary/aromatic N) is 2. The summed E-state index contributed by atoms with van der Waals surface area (Å²) in [4.78, 5) is 30.5. The Hall–Kier alpha value is -2.40. The number of aromatic nitrogens is 1. The number of carbonyl (C=O) groups is 2. The van der Waals surface area contributed by atoms with E-state index in [2.05, 4.69) is 10.3 Å². The van der Waals surface area contributed by atoms with E-state index in [-0.39, 0.29) is 17.5 Å². The monoisotopic (exact) mass is 329 g/mol. The fourth-order valence-electron chi connectivity index (χ4n) is 2.52. The lowest BCUT2D eigenvalue weighted by Gasteiger charge is -2.15. The van der Waals surface area contributed by atoms with Gasteiger partial charge in [-0.1, -0.05) is 11.6 Å². The van der Waals surface area contributed by atoms with Crippen molar-refractivity contribution in [1.29, 1.82) is 0 Å². The molecule has 23 heavy (non-hydrogen) atoms. The molecule has 1 saturated heterocycles. The molecule has 1 aliphatic heterocycles. The number of benzene rings is 1. The van der Waals surface area contributed by atoms with Crippen molar-refractivity contribution in [1.82, 2.24) is 9.88 Å². The molecule has 1 fully saturated rings. The van der Waals surface area contributed by atoms with Gasteiger partial charge in [0.05, 0.1) is 0 Å². The molecular formula is C17H16ClN3O2. The van der Waals surface area contributed by atoms with E-state index in [0.29, 0.717) is 16.3 Å². The fourth-order valence-corrected chi connectivity index (χ4v) is 2.64. The Kier molecular flexibility index (Phi) is 4.57. The Morgan fingerprint density at radius 2 is 1.78 bits per heavy atom. The van der Waals surface area contributed by atoms with E-state index in [1.54, 1.807) is 35.2 Å². The van der Waals surface area contributed by atoms with Crippen molar-refractivity contribution in [2.45, 2.75) is 12.8 Å². The third-order valence-corrected chi connectivity index (χ3v) is 3.99. The van der Waals surface area contributed by atoms with Gasteiger partial charge in [-0.3, -0.25) is 14.6 Å². The molecule has 6 heteroatoms. The number of hydrogen-bond acceptors (Lipinski definition) is 3. The molecule has 3 rings (SSSR count). The molecule has 1 aliphatic rings. The summed E-state index contributed by atoms with van der Waals surface area (Å²) in [5, 5.41) is 3.33. The minimum atomic E-state index is -0.358. The van der Waals surface area contributed by atoms with Crippen LogP contribution in [0.3, 0.4) is 0 Å². The number of nitrogens with one attached hydrogen (secondary N) is 1. The summed E-state index contributed by atoms with van der Waals surface area (Å²) >= 11 is 5.82. The van der Waals surface area contributed by atoms with Crippen LogP contribution in [0.4, 0.5) is 5.69 Å². The van der Waals surface area contributed by atoms with Crippen LogP contribution in [0.1, 0.15) is 33.7 Å². The molecule has 5 nitrogen and oxygen atoms in total. The van der Waals surface area contributed by atoms with Crippen molar-refractivity contribution in [3.63, 3.8) is 0 Å². The summed E-state index contributed by atoms with van der Waals surface area (Å²) in [6.45, 7) is 1.54. The van der Waals surface area contributed by atoms with Crippen molar-refractivity contribution in [2.75, 3.05) is 18.4 Å². The number of hydrogen-bond donors (Lipinski definition) is 1. The van der Waals surface area contributed by atoms with Gasteiger partial charge in [-0.2, -0.15) is 0 Å². The molecule has 0 unspecified atom stereocenters. The number of pyridine rings is 1. The van der Waals surface area contributed by atoms with Crippen LogP contribution >= 0.6 is 11.6 Å². The molecule has 1 aromatic heterocycles. The highest BCUT2D eigenvalue weighted by Crippen LogP contribution is 2.16. The van der Waals surface area contributed by atoms with Gasteiger partial charge in [-0.05, 0) is 49.2 Å². The molecule has 0 spiro atoms. The number of rotatable bonds is 3. The van der Waals surface area contributed by atoms with Crippen molar-refractivity contribution in [3.8, 4) is 0 Å². The normalized spacial score (nSPS) is 13.9. The molecule has 1 aromatic carbocycles. The van der Waals surface area contributed by atoms with Crippen molar-refractivity contribution in [2.24, 2.45) is 0 Å². The van der Waals surface area contributed by atoms with E-state index in [9.17, 15) is 9.59 Å². The van der Waals surface area contributed by atoms with E-state index in [1.807, 2.05) is 0 Å². The third kappa shape index (κ3) is 3.68. The van der Waals surface area contributed by atoms with E-state index in [1.165, 1.54) is 12.3 Å². The van der Waals surface area contributed by atoms with Crippen LogP contribution in [0.5, 0.6) is 0 Å². The first-order chi connectivity index (χ1) is 11.1. The summed E-state index contributed by atoms with van der Waals surface area (Å²) in [5.74, 6) is -0.408. The van der Waals surface area contributed by atoms with Crippen molar-refractivity contribution < 1.29 is 9.59 Å². The highest BCUT2D eigenvalue weighted by atomic mass is 35.5. The van der Waals surface area contributed by atoms with Gasteiger partial charge in [0.1, 0.15) is 5.69 Å².